The molecule has 2 aromatic heterocycles. The molecule has 0 N–H and O–H groups in total. The van der Waals surface area contributed by atoms with E-state index in [1.165, 1.54) is 11.3 Å². The number of ether oxygens (including phenoxy) is 3. The predicted octanol–water partition coefficient (Wildman–Crippen LogP) is 7.28. The summed E-state index contributed by atoms with van der Waals surface area (Å²) in [5.74, 6) is 0.464. The van der Waals surface area contributed by atoms with Crippen molar-refractivity contribution in [3.8, 4) is 11.5 Å². The number of fused-ring (bicyclic) bond motifs is 2. The number of allylic oxidation sites excluding steroid dienone is 1. The second-order valence-corrected chi connectivity index (χ2v) is 13.4. The van der Waals surface area contributed by atoms with Crippen molar-refractivity contribution >= 4 is 73.4 Å². The number of halogens is 3. The minimum atomic E-state index is -0.831. The molecule has 3 heterocycles. The number of thiazole rings is 1. The van der Waals surface area contributed by atoms with Crippen LogP contribution in [-0.4, -0.2) is 35.4 Å². The van der Waals surface area contributed by atoms with Gasteiger partial charge >= 0.3 is 5.97 Å². The van der Waals surface area contributed by atoms with E-state index in [1.54, 1.807) is 43.7 Å². The molecule has 8 nitrogen and oxygen atoms in total. The zero-order valence-electron chi connectivity index (χ0n) is 26.0. The van der Waals surface area contributed by atoms with E-state index in [-0.39, 0.29) is 17.7 Å². The van der Waals surface area contributed by atoms with Gasteiger partial charge in [0.1, 0.15) is 0 Å². The summed E-state index contributed by atoms with van der Waals surface area (Å²) < 4.78 is 21.7. The van der Waals surface area contributed by atoms with Crippen molar-refractivity contribution in [2.75, 3.05) is 20.3 Å². The van der Waals surface area contributed by atoms with Gasteiger partial charge in [0.15, 0.2) is 16.3 Å². The second kappa shape index (κ2) is 13.7. The molecule has 0 saturated heterocycles. The average Bonchev–Trinajstić information content (AvgIpc) is 3.54. The molecule has 5 aromatic rings. The zero-order chi connectivity index (χ0) is 33.4. The maximum Gasteiger partial charge on any atom is 0.338 e. The molecule has 0 bridgehead atoms. The Labute approximate surface area is 293 Å². The van der Waals surface area contributed by atoms with Gasteiger partial charge in [-0.25, -0.2) is 9.79 Å². The van der Waals surface area contributed by atoms with Crippen molar-refractivity contribution in [1.29, 1.82) is 0 Å². The Kier molecular flexibility index (Phi) is 9.66. The van der Waals surface area contributed by atoms with Crippen molar-refractivity contribution in [1.82, 2.24) is 9.13 Å². The van der Waals surface area contributed by atoms with Crippen LogP contribution in [0.25, 0.3) is 17.0 Å². The molecule has 1 atom stereocenters. The molecule has 0 radical (unpaired) electrons. The topological polar surface area (TPSA) is 84.1 Å². The van der Waals surface area contributed by atoms with Crippen LogP contribution in [0.2, 0.25) is 10.0 Å². The van der Waals surface area contributed by atoms with Crippen LogP contribution in [0.3, 0.4) is 0 Å². The van der Waals surface area contributed by atoms with E-state index in [0.29, 0.717) is 59.8 Å². The molecule has 0 fully saturated rings. The standard InChI is InChI=1S/C35H30BrCl2N3O5S/c1-5-45-29-16-24(36)23(15-28(29)44-4)32-31(34(43)46-6-2)19(3)39-35-41(32)33(42)30(47-35)14-21-18-40(27-10-8-7-9-22(21)27)17-20-11-12-25(37)26(38)13-20/h7-16,18,32H,5-6,17H2,1-4H3/b30-14+/t32-/m1/s1. The second-order valence-electron chi connectivity index (χ2n) is 10.7. The molecule has 47 heavy (non-hydrogen) atoms. The minimum Gasteiger partial charge on any atom is -0.493 e. The molecule has 0 spiro atoms. The van der Waals surface area contributed by atoms with E-state index in [1.807, 2.05) is 55.6 Å². The fourth-order valence-corrected chi connectivity index (χ4v) is 7.67. The third-order valence-corrected chi connectivity index (χ3v) is 10.2. The lowest BCUT2D eigenvalue weighted by atomic mass is 9.95. The fourth-order valence-electron chi connectivity index (χ4n) is 5.77. The van der Waals surface area contributed by atoms with Crippen LogP contribution in [0.4, 0.5) is 0 Å². The quantitative estimate of drug-likeness (QED) is 0.148. The molecule has 1 aliphatic heterocycles. The van der Waals surface area contributed by atoms with Crippen molar-refractivity contribution < 1.29 is 19.0 Å². The van der Waals surface area contributed by atoms with Crippen molar-refractivity contribution in [2.45, 2.75) is 33.4 Å². The normalized spacial score (nSPS) is 14.7. The van der Waals surface area contributed by atoms with Gasteiger partial charge in [-0.3, -0.25) is 9.36 Å². The summed E-state index contributed by atoms with van der Waals surface area (Å²) in [4.78, 5) is 33.0. The molecule has 0 saturated carbocycles. The van der Waals surface area contributed by atoms with E-state index in [9.17, 15) is 9.59 Å². The number of carbonyl (C=O) groups is 1. The summed E-state index contributed by atoms with van der Waals surface area (Å²) >= 11 is 17.4. The average molecular weight is 756 g/mol. The summed E-state index contributed by atoms with van der Waals surface area (Å²) in [6.45, 7) is 6.55. The Morgan fingerprint density at radius 2 is 1.85 bits per heavy atom. The molecule has 3 aromatic carbocycles. The number of hydrogen-bond donors (Lipinski definition) is 0. The molecule has 0 amide bonds. The number of benzene rings is 3. The van der Waals surface area contributed by atoms with Crippen LogP contribution in [-0.2, 0) is 16.1 Å². The Hall–Kier alpha value is -3.83. The number of esters is 1. The number of rotatable bonds is 9. The Morgan fingerprint density at radius 3 is 2.57 bits per heavy atom. The van der Waals surface area contributed by atoms with E-state index in [0.717, 1.165) is 22.0 Å². The van der Waals surface area contributed by atoms with Crippen molar-refractivity contribution in [2.24, 2.45) is 4.99 Å². The van der Waals surface area contributed by atoms with Crippen molar-refractivity contribution in [3.63, 3.8) is 0 Å². The fraction of sp³-hybridized carbons (Fsp3) is 0.229. The predicted molar refractivity (Wildman–Crippen MR) is 190 cm³/mol. The van der Waals surface area contributed by atoms with Gasteiger partial charge in [-0.2, -0.15) is 0 Å². The van der Waals surface area contributed by atoms with Gasteiger partial charge in [0, 0.05) is 33.7 Å². The molecule has 1 aliphatic rings. The molecule has 6 rings (SSSR count). The summed E-state index contributed by atoms with van der Waals surface area (Å²) in [7, 11) is 1.55. The summed E-state index contributed by atoms with van der Waals surface area (Å²) in [6, 6.07) is 16.3. The van der Waals surface area contributed by atoms with Crippen LogP contribution in [0.5, 0.6) is 11.5 Å². The smallest absolute Gasteiger partial charge is 0.338 e. The first-order valence-corrected chi connectivity index (χ1v) is 17.2. The first-order chi connectivity index (χ1) is 22.6. The molecular weight excluding hydrogens is 725 g/mol. The Morgan fingerprint density at radius 1 is 1.06 bits per heavy atom. The molecular formula is C35H30BrCl2N3O5S. The number of carbonyl (C=O) groups excluding carboxylic acids is 1. The maximum atomic E-state index is 14.4. The third-order valence-electron chi connectivity index (χ3n) is 7.84. The van der Waals surface area contributed by atoms with Crippen LogP contribution < -0.4 is 24.4 Å². The highest BCUT2D eigenvalue weighted by Crippen LogP contribution is 2.41. The zero-order valence-corrected chi connectivity index (χ0v) is 29.9. The minimum absolute atomic E-state index is 0.173. The van der Waals surface area contributed by atoms with Gasteiger partial charge in [0.2, 0.25) is 0 Å². The maximum absolute atomic E-state index is 14.4. The highest BCUT2D eigenvalue weighted by Gasteiger charge is 2.35. The number of aromatic nitrogens is 2. The van der Waals surface area contributed by atoms with Gasteiger partial charge in [-0.1, -0.05) is 74.7 Å². The first-order valence-electron chi connectivity index (χ1n) is 14.9. The van der Waals surface area contributed by atoms with Gasteiger partial charge in [-0.15, -0.1) is 0 Å². The summed E-state index contributed by atoms with van der Waals surface area (Å²) in [6.07, 6.45) is 3.90. The van der Waals surface area contributed by atoms with E-state index >= 15 is 0 Å². The molecule has 0 unspecified atom stereocenters. The third kappa shape index (κ3) is 6.27. The van der Waals surface area contributed by atoms with Crippen LogP contribution >= 0.6 is 50.5 Å². The Balaban J connectivity index is 1.53. The monoisotopic (exact) mass is 753 g/mol. The SMILES string of the molecule is CCOC(=O)C1=C(C)N=c2s/c(=C/c3cn(Cc4ccc(Cl)c(Cl)c4)c4ccccc34)c(=O)n2[C@@H]1c1cc(OC)c(OCC)cc1Br. The number of hydrogen-bond acceptors (Lipinski definition) is 7. The van der Waals surface area contributed by atoms with E-state index < -0.39 is 12.0 Å². The van der Waals surface area contributed by atoms with Crippen LogP contribution in [0.15, 0.2) is 86.3 Å². The number of para-hydroxylation sites is 1. The van der Waals surface area contributed by atoms with Crippen LogP contribution in [0.1, 0.15) is 43.5 Å². The largest absolute Gasteiger partial charge is 0.493 e. The number of nitrogens with zero attached hydrogens (tertiary/aromatic N) is 3. The highest BCUT2D eigenvalue weighted by atomic mass is 79.9. The van der Waals surface area contributed by atoms with Gasteiger partial charge < -0.3 is 18.8 Å². The first kappa shape index (κ1) is 33.1. The molecule has 12 heteroatoms. The summed E-state index contributed by atoms with van der Waals surface area (Å²) in [5, 5.41) is 1.97. The lowest BCUT2D eigenvalue weighted by molar-refractivity contribution is -0.139. The molecule has 0 aliphatic carbocycles. The van der Waals surface area contributed by atoms with Gasteiger partial charge in [-0.05, 0) is 68.3 Å². The van der Waals surface area contributed by atoms with E-state index in [2.05, 4.69) is 20.5 Å². The number of methoxy groups -OCH3 is 1. The van der Waals surface area contributed by atoms with Gasteiger partial charge in [0.25, 0.3) is 5.56 Å². The van der Waals surface area contributed by atoms with Gasteiger partial charge in [0.05, 0.1) is 52.2 Å². The van der Waals surface area contributed by atoms with Crippen molar-refractivity contribution in [3.05, 3.63) is 123 Å². The van der Waals surface area contributed by atoms with Crippen LogP contribution in [0, 0.1) is 0 Å². The lowest BCUT2D eigenvalue weighted by Gasteiger charge is -2.26. The Bertz CT molecular complexity index is 2260. The summed E-state index contributed by atoms with van der Waals surface area (Å²) in [5.41, 5.74) is 3.95. The lowest BCUT2D eigenvalue weighted by Crippen LogP contribution is -2.40. The van der Waals surface area contributed by atoms with E-state index in [4.69, 9.17) is 42.4 Å². The highest BCUT2D eigenvalue weighted by molar-refractivity contribution is 9.10. The molecule has 242 valence electrons.